The molecule has 0 amide bonds. The Labute approximate surface area is 175 Å². The van der Waals surface area contributed by atoms with E-state index in [1.807, 2.05) is 0 Å². The second-order valence-corrected chi connectivity index (χ2v) is 7.23. The molecule has 2 aromatic carbocycles. The highest BCUT2D eigenvalue weighted by molar-refractivity contribution is 5.95. The number of nitro benzene ring substituents is 1. The highest BCUT2D eigenvalue weighted by Crippen LogP contribution is 2.34. The van der Waals surface area contributed by atoms with Crippen LogP contribution >= 0.6 is 0 Å². The average Bonchev–Trinajstić information content (AvgIpc) is 3.17. The lowest BCUT2D eigenvalue weighted by Crippen LogP contribution is -2.36. The zero-order valence-electron chi connectivity index (χ0n) is 17.0. The molecule has 0 aliphatic rings. The van der Waals surface area contributed by atoms with Gasteiger partial charge in [0.1, 0.15) is 0 Å². The molecule has 9 nitrogen and oxygen atoms in total. The fourth-order valence-corrected chi connectivity index (χ4v) is 3.71. The van der Waals surface area contributed by atoms with Crippen molar-refractivity contribution >= 4 is 16.6 Å². The molecule has 154 valence electrons. The number of benzene rings is 2. The third-order valence-corrected chi connectivity index (χ3v) is 5.37. The smallest absolute Gasteiger partial charge is 0.314 e. The molecule has 0 N–H and O–H groups in total. The van der Waals surface area contributed by atoms with E-state index in [1.165, 1.54) is 17.7 Å². The molecule has 2 aromatic heterocycles. The normalized spacial score (nSPS) is 10.9. The van der Waals surface area contributed by atoms with Crippen molar-refractivity contribution in [1.29, 1.82) is 5.26 Å². The SMILES string of the molecule is Cc1ccc(-c2c3c(=O)n(C)c(=O)n(C)c3cn2-c2cccc(C#N)c2)cc1[N+](=O)[O-]. The average molecular weight is 415 g/mol. The van der Waals surface area contributed by atoms with Crippen molar-refractivity contribution in [1.82, 2.24) is 13.7 Å². The van der Waals surface area contributed by atoms with Crippen LogP contribution in [0.4, 0.5) is 5.69 Å². The number of nitrogens with zero attached hydrogens (tertiary/aromatic N) is 5. The molecular weight excluding hydrogens is 398 g/mol. The largest absolute Gasteiger partial charge is 0.330 e. The van der Waals surface area contributed by atoms with Crippen LogP contribution in [0.2, 0.25) is 0 Å². The standard InChI is InChI=1S/C22H17N5O4/c1-13-7-8-15(10-17(13)27(30)31)20-19-18(24(2)22(29)25(3)21(19)28)12-26(20)16-6-4-5-14(9-16)11-23/h4-10,12H,1-3H3. The van der Waals surface area contributed by atoms with Gasteiger partial charge in [-0.2, -0.15) is 5.26 Å². The van der Waals surface area contributed by atoms with E-state index in [0.717, 1.165) is 4.57 Å². The summed E-state index contributed by atoms with van der Waals surface area (Å²) in [5.41, 5.74) is 1.66. The van der Waals surface area contributed by atoms with Gasteiger partial charge in [0.25, 0.3) is 11.2 Å². The van der Waals surface area contributed by atoms with E-state index in [0.29, 0.717) is 33.6 Å². The Bertz CT molecular complexity index is 1550. The fourth-order valence-electron chi connectivity index (χ4n) is 3.71. The van der Waals surface area contributed by atoms with Gasteiger partial charge in [0.05, 0.1) is 33.2 Å². The summed E-state index contributed by atoms with van der Waals surface area (Å²) < 4.78 is 4.04. The summed E-state index contributed by atoms with van der Waals surface area (Å²) in [6, 6.07) is 13.6. The lowest BCUT2D eigenvalue weighted by atomic mass is 10.1. The van der Waals surface area contributed by atoms with E-state index >= 15 is 0 Å². The molecule has 0 saturated carbocycles. The Hall–Kier alpha value is -4.45. The first-order valence-electron chi connectivity index (χ1n) is 9.31. The van der Waals surface area contributed by atoms with Crippen LogP contribution in [0.3, 0.4) is 0 Å². The van der Waals surface area contributed by atoms with Crippen LogP contribution in [0.1, 0.15) is 11.1 Å². The minimum absolute atomic E-state index is 0.0779. The van der Waals surface area contributed by atoms with E-state index in [1.54, 1.807) is 61.1 Å². The van der Waals surface area contributed by atoms with Gasteiger partial charge in [-0.05, 0) is 25.1 Å². The van der Waals surface area contributed by atoms with Gasteiger partial charge in [-0.15, -0.1) is 0 Å². The third-order valence-electron chi connectivity index (χ3n) is 5.37. The number of fused-ring (bicyclic) bond motifs is 1. The molecule has 0 aliphatic heterocycles. The van der Waals surface area contributed by atoms with Gasteiger partial charge in [0.2, 0.25) is 0 Å². The van der Waals surface area contributed by atoms with Crippen molar-refractivity contribution < 1.29 is 4.92 Å². The lowest BCUT2D eigenvalue weighted by Gasteiger charge is -2.11. The van der Waals surface area contributed by atoms with Crippen molar-refractivity contribution in [2.24, 2.45) is 14.1 Å². The molecule has 31 heavy (non-hydrogen) atoms. The fraction of sp³-hybridized carbons (Fsp3) is 0.136. The van der Waals surface area contributed by atoms with E-state index in [2.05, 4.69) is 6.07 Å². The van der Waals surface area contributed by atoms with E-state index in [9.17, 15) is 25.0 Å². The number of hydrogen-bond acceptors (Lipinski definition) is 5. The molecule has 4 rings (SSSR count). The van der Waals surface area contributed by atoms with E-state index in [4.69, 9.17) is 0 Å². The molecule has 0 radical (unpaired) electrons. The summed E-state index contributed by atoms with van der Waals surface area (Å²) in [6.07, 6.45) is 1.63. The van der Waals surface area contributed by atoms with Crippen molar-refractivity contribution in [3.05, 3.63) is 90.7 Å². The maximum absolute atomic E-state index is 13.1. The number of rotatable bonds is 3. The zero-order valence-corrected chi connectivity index (χ0v) is 17.0. The first kappa shape index (κ1) is 19.8. The van der Waals surface area contributed by atoms with Gasteiger partial charge < -0.3 is 4.57 Å². The predicted octanol–water partition coefficient (Wildman–Crippen LogP) is 2.78. The highest BCUT2D eigenvalue weighted by Gasteiger charge is 2.22. The molecule has 0 fully saturated rings. The molecule has 0 unspecified atom stereocenters. The van der Waals surface area contributed by atoms with Gasteiger partial charge >= 0.3 is 5.69 Å². The third kappa shape index (κ3) is 3.02. The van der Waals surface area contributed by atoms with Crippen molar-refractivity contribution in [2.45, 2.75) is 6.92 Å². The second kappa shape index (κ2) is 7.11. The summed E-state index contributed by atoms with van der Waals surface area (Å²) in [5.74, 6) is 0. The highest BCUT2D eigenvalue weighted by atomic mass is 16.6. The number of nitro groups is 1. The molecule has 0 saturated heterocycles. The van der Waals surface area contributed by atoms with Crippen LogP contribution in [-0.4, -0.2) is 18.6 Å². The summed E-state index contributed by atoms with van der Waals surface area (Å²) in [5, 5.41) is 21.1. The number of nitriles is 1. The molecule has 9 heteroatoms. The van der Waals surface area contributed by atoms with Gasteiger partial charge in [-0.25, -0.2) is 4.79 Å². The minimum Gasteiger partial charge on any atom is -0.314 e. The van der Waals surface area contributed by atoms with Crippen LogP contribution in [0.15, 0.2) is 58.3 Å². The number of aromatic nitrogens is 3. The lowest BCUT2D eigenvalue weighted by molar-refractivity contribution is -0.385. The maximum atomic E-state index is 13.1. The van der Waals surface area contributed by atoms with E-state index < -0.39 is 16.2 Å². The Kier molecular flexibility index (Phi) is 4.55. The molecule has 0 atom stereocenters. The van der Waals surface area contributed by atoms with Gasteiger partial charge in [0, 0.05) is 43.2 Å². The number of aryl methyl sites for hydroxylation is 2. The summed E-state index contributed by atoms with van der Waals surface area (Å²) in [6.45, 7) is 1.64. The van der Waals surface area contributed by atoms with Crippen molar-refractivity contribution in [3.8, 4) is 23.0 Å². The predicted molar refractivity (Wildman–Crippen MR) is 115 cm³/mol. The molecule has 4 aromatic rings. The van der Waals surface area contributed by atoms with Crippen LogP contribution < -0.4 is 11.2 Å². The molecule has 2 heterocycles. The molecule has 0 aliphatic carbocycles. The summed E-state index contributed by atoms with van der Waals surface area (Å²) >= 11 is 0. The van der Waals surface area contributed by atoms with Crippen molar-refractivity contribution in [3.63, 3.8) is 0 Å². The Balaban J connectivity index is 2.21. The topological polar surface area (TPSA) is 116 Å². The van der Waals surface area contributed by atoms with Crippen LogP contribution in [-0.2, 0) is 14.1 Å². The van der Waals surface area contributed by atoms with Gasteiger partial charge in [-0.1, -0.05) is 18.2 Å². The molecule has 0 bridgehead atoms. The zero-order chi connectivity index (χ0) is 22.4. The minimum atomic E-state index is -0.508. The quantitative estimate of drug-likeness (QED) is 0.377. The maximum Gasteiger partial charge on any atom is 0.330 e. The monoisotopic (exact) mass is 415 g/mol. The van der Waals surface area contributed by atoms with Crippen LogP contribution in [0.5, 0.6) is 0 Å². The Morgan fingerprint density at radius 1 is 1.06 bits per heavy atom. The molecular formula is C22H17N5O4. The Morgan fingerprint density at radius 3 is 2.48 bits per heavy atom. The first-order chi connectivity index (χ1) is 14.7. The summed E-state index contributed by atoms with van der Waals surface area (Å²) in [7, 11) is 2.95. The molecule has 0 spiro atoms. The van der Waals surface area contributed by atoms with Gasteiger partial charge in [0.15, 0.2) is 0 Å². The summed E-state index contributed by atoms with van der Waals surface area (Å²) in [4.78, 5) is 36.6. The van der Waals surface area contributed by atoms with Gasteiger partial charge in [-0.3, -0.25) is 24.0 Å². The first-order valence-corrected chi connectivity index (χ1v) is 9.31. The Morgan fingerprint density at radius 2 is 1.81 bits per heavy atom. The van der Waals surface area contributed by atoms with Crippen LogP contribution in [0.25, 0.3) is 27.8 Å². The van der Waals surface area contributed by atoms with Crippen molar-refractivity contribution in [2.75, 3.05) is 0 Å². The second-order valence-electron chi connectivity index (χ2n) is 7.23. The number of hydrogen-bond donors (Lipinski definition) is 0. The van der Waals surface area contributed by atoms with E-state index in [-0.39, 0.29) is 11.1 Å². The van der Waals surface area contributed by atoms with Crippen LogP contribution in [0, 0.1) is 28.4 Å².